The Balaban J connectivity index is 1.46. The predicted octanol–water partition coefficient (Wildman–Crippen LogP) is 1.41. The second-order valence-corrected chi connectivity index (χ2v) is 7.75. The van der Waals surface area contributed by atoms with Crippen molar-refractivity contribution in [1.29, 1.82) is 0 Å². The van der Waals surface area contributed by atoms with E-state index in [4.69, 9.17) is 4.42 Å². The molecule has 2 aliphatic rings. The molecule has 2 saturated heterocycles. The van der Waals surface area contributed by atoms with E-state index < -0.39 is 0 Å². The molecule has 2 fully saturated rings. The van der Waals surface area contributed by atoms with Crippen LogP contribution in [0.5, 0.6) is 0 Å². The molecular formula is C20H32N4O3. The fraction of sp³-hybridized carbons (Fsp3) is 0.700. The number of furan rings is 1. The van der Waals surface area contributed by atoms with Crippen molar-refractivity contribution < 1.29 is 14.0 Å². The van der Waals surface area contributed by atoms with E-state index in [1.807, 2.05) is 17.9 Å². The Morgan fingerprint density at radius 2 is 1.78 bits per heavy atom. The van der Waals surface area contributed by atoms with Gasteiger partial charge in [0.2, 0.25) is 5.91 Å². The molecule has 0 aliphatic carbocycles. The normalized spacial score (nSPS) is 20.0. The molecule has 0 aromatic carbocycles. The highest BCUT2D eigenvalue weighted by atomic mass is 16.4. The highest BCUT2D eigenvalue weighted by molar-refractivity contribution is 5.91. The number of rotatable bonds is 6. The first-order valence-corrected chi connectivity index (χ1v) is 10.1. The summed E-state index contributed by atoms with van der Waals surface area (Å²) >= 11 is 0. The Kier molecular flexibility index (Phi) is 6.90. The van der Waals surface area contributed by atoms with Gasteiger partial charge >= 0.3 is 0 Å². The monoisotopic (exact) mass is 376 g/mol. The van der Waals surface area contributed by atoms with Crippen LogP contribution in [0.1, 0.15) is 43.0 Å². The molecule has 3 heterocycles. The number of piperidine rings is 1. The molecule has 1 N–H and O–H groups in total. The van der Waals surface area contributed by atoms with E-state index in [0.717, 1.165) is 31.3 Å². The summed E-state index contributed by atoms with van der Waals surface area (Å²) in [4.78, 5) is 30.7. The first-order chi connectivity index (χ1) is 13.0. The van der Waals surface area contributed by atoms with Crippen LogP contribution in [0.25, 0.3) is 0 Å². The maximum atomic E-state index is 12.7. The topological polar surface area (TPSA) is 69.0 Å². The second-order valence-electron chi connectivity index (χ2n) is 7.75. The lowest BCUT2D eigenvalue weighted by Gasteiger charge is -2.33. The van der Waals surface area contributed by atoms with Crippen molar-refractivity contribution in [2.75, 3.05) is 52.4 Å². The second kappa shape index (κ2) is 9.37. The molecule has 1 aromatic heterocycles. The third-order valence-electron chi connectivity index (χ3n) is 5.53. The minimum atomic E-state index is -0.0498. The average Bonchev–Trinajstić information content (AvgIpc) is 3.12. The van der Waals surface area contributed by atoms with Gasteiger partial charge in [0.25, 0.3) is 5.91 Å². The Morgan fingerprint density at radius 3 is 2.44 bits per heavy atom. The summed E-state index contributed by atoms with van der Waals surface area (Å²) in [6, 6.07) is 3.72. The lowest BCUT2D eigenvalue weighted by molar-refractivity contribution is -0.122. The van der Waals surface area contributed by atoms with E-state index >= 15 is 0 Å². The van der Waals surface area contributed by atoms with Gasteiger partial charge in [0.15, 0.2) is 5.76 Å². The molecule has 3 rings (SSSR count). The van der Waals surface area contributed by atoms with Crippen LogP contribution in [0, 0.1) is 5.92 Å². The summed E-state index contributed by atoms with van der Waals surface area (Å²) in [5, 5.41) is 2.81. The summed E-state index contributed by atoms with van der Waals surface area (Å²) in [6.07, 6.45) is 2.46. The summed E-state index contributed by atoms with van der Waals surface area (Å²) in [7, 11) is 0. The Morgan fingerprint density at radius 1 is 1.07 bits per heavy atom. The molecule has 7 nitrogen and oxygen atoms in total. The van der Waals surface area contributed by atoms with E-state index in [2.05, 4.69) is 22.0 Å². The smallest absolute Gasteiger partial charge is 0.289 e. The molecule has 0 bridgehead atoms. The van der Waals surface area contributed by atoms with Crippen molar-refractivity contribution in [3.05, 3.63) is 23.7 Å². The zero-order chi connectivity index (χ0) is 19.2. The lowest BCUT2D eigenvalue weighted by atomic mass is 9.99. The molecule has 0 unspecified atom stereocenters. The van der Waals surface area contributed by atoms with Gasteiger partial charge < -0.3 is 14.6 Å². The Hall–Kier alpha value is -1.86. The molecule has 150 valence electrons. The van der Waals surface area contributed by atoms with Crippen LogP contribution >= 0.6 is 0 Å². The molecule has 2 amide bonds. The standard InChI is InChI=1S/C20H32N4O3/c1-3-21-19(25)15-23-10-12-24(13-11-23)20(26)18-5-4-17(27-18)14-22-8-6-16(2)7-9-22/h4-5,16H,3,6-15H2,1-2H3,(H,21,25). The van der Waals surface area contributed by atoms with Crippen LogP contribution in [0.3, 0.4) is 0 Å². The minimum absolute atomic E-state index is 0.0417. The number of piperazine rings is 1. The fourth-order valence-electron chi connectivity index (χ4n) is 3.74. The highest BCUT2D eigenvalue weighted by Crippen LogP contribution is 2.20. The SMILES string of the molecule is CCNC(=O)CN1CCN(C(=O)c2ccc(CN3CCC(C)CC3)o2)CC1. The number of carbonyl (C=O) groups is 2. The predicted molar refractivity (Wildman–Crippen MR) is 103 cm³/mol. The Bertz CT molecular complexity index is 629. The van der Waals surface area contributed by atoms with E-state index in [-0.39, 0.29) is 11.8 Å². The zero-order valence-corrected chi connectivity index (χ0v) is 16.6. The van der Waals surface area contributed by atoms with E-state index in [1.165, 1.54) is 12.8 Å². The van der Waals surface area contributed by atoms with Crippen LogP contribution < -0.4 is 5.32 Å². The van der Waals surface area contributed by atoms with Gasteiger partial charge in [-0.3, -0.25) is 19.4 Å². The van der Waals surface area contributed by atoms with Crippen molar-refractivity contribution in [2.24, 2.45) is 5.92 Å². The molecule has 0 spiro atoms. The number of amides is 2. The molecule has 1 aromatic rings. The summed E-state index contributed by atoms with van der Waals surface area (Å²) in [5.41, 5.74) is 0. The van der Waals surface area contributed by atoms with Crippen LogP contribution in [0.2, 0.25) is 0 Å². The largest absolute Gasteiger partial charge is 0.455 e. The summed E-state index contributed by atoms with van der Waals surface area (Å²) < 4.78 is 5.84. The Labute approximate surface area is 161 Å². The number of nitrogens with zero attached hydrogens (tertiary/aromatic N) is 3. The molecule has 0 saturated carbocycles. The number of likely N-dealkylation sites (N-methyl/N-ethyl adjacent to an activating group) is 1. The van der Waals surface area contributed by atoms with Crippen molar-refractivity contribution >= 4 is 11.8 Å². The van der Waals surface area contributed by atoms with Crippen LogP contribution in [0.15, 0.2) is 16.5 Å². The third-order valence-corrected chi connectivity index (χ3v) is 5.53. The molecule has 7 heteroatoms. The lowest BCUT2D eigenvalue weighted by Crippen LogP contribution is -2.51. The van der Waals surface area contributed by atoms with Gasteiger partial charge in [-0.05, 0) is 50.9 Å². The number of nitrogens with one attached hydrogen (secondary N) is 1. The highest BCUT2D eigenvalue weighted by Gasteiger charge is 2.25. The maximum absolute atomic E-state index is 12.7. The number of hydrogen-bond acceptors (Lipinski definition) is 5. The van der Waals surface area contributed by atoms with Gasteiger partial charge in [0.05, 0.1) is 13.1 Å². The first kappa shape index (κ1) is 19.9. The van der Waals surface area contributed by atoms with Crippen LogP contribution in [-0.4, -0.2) is 78.9 Å². The third kappa shape index (κ3) is 5.56. The number of hydrogen-bond donors (Lipinski definition) is 1. The van der Waals surface area contributed by atoms with Gasteiger partial charge in [-0.2, -0.15) is 0 Å². The van der Waals surface area contributed by atoms with Crippen molar-refractivity contribution in [1.82, 2.24) is 20.0 Å². The van der Waals surface area contributed by atoms with Gasteiger partial charge in [-0.25, -0.2) is 0 Å². The first-order valence-electron chi connectivity index (χ1n) is 10.1. The van der Waals surface area contributed by atoms with Crippen molar-refractivity contribution in [3.63, 3.8) is 0 Å². The van der Waals surface area contributed by atoms with Gasteiger partial charge in [0, 0.05) is 32.7 Å². The average molecular weight is 377 g/mol. The molecular weight excluding hydrogens is 344 g/mol. The summed E-state index contributed by atoms with van der Waals surface area (Å²) in [6.45, 7) is 10.9. The number of carbonyl (C=O) groups excluding carboxylic acids is 2. The minimum Gasteiger partial charge on any atom is -0.455 e. The van der Waals surface area contributed by atoms with Gasteiger partial charge in [0.1, 0.15) is 5.76 Å². The fourth-order valence-corrected chi connectivity index (χ4v) is 3.74. The van der Waals surface area contributed by atoms with Gasteiger partial charge in [-0.1, -0.05) is 6.92 Å². The van der Waals surface area contributed by atoms with Crippen LogP contribution in [-0.2, 0) is 11.3 Å². The maximum Gasteiger partial charge on any atom is 0.289 e. The van der Waals surface area contributed by atoms with Crippen molar-refractivity contribution in [3.8, 4) is 0 Å². The molecule has 0 atom stereocenters. The quantitative estimate of drug-likeness (QED) is 0.813. The van der Waals surface area contributed by atoms with E-state index in [1.54, 1.807) is 6.07 Å². The zero-order valence-electron chi connectivity index (χ0n) is 16.6. The number of likely N-dealkylation sites (tertiary alicyclic amines) is 1. The molecule has 2 aliphatic heterocycles. The molecule has 27 heavy (non-hydrogen) atoms. The van der Waals surface area contributed by atoms with Gasteiger partial charge in [-0.15, -0.1) is 0 Å². The van der Waals surface area contributed by atoms with Crippen molar-refractivity contribution in [2.45, 2.75) is 33.2 Å². The van der Waals surface area contributed by atoms with E-state index in [9.17, 15) is 9.59 Å². The van der Waals surface area contributed by atoms with E-state index in [0.29, 0.717) is 45.0 Å². The summed E-state index contributed by atoms with van der Waals surface area (Å²) in [5.74, 6) is 2.09. The van der Waals surface area contributed by atoms with Crippen LogP contribution in [0.4, 0.5) is 0 Å². The molecule has 0 radical (unpaired) electrons.